The maximum absolute atomic E-state index is 12.3. The fraction of sp³-hybridized carbons (Fsp3) is 0.389. The smallest absolute Gasteiger partial charge is 0.350 e. The van der Waals surface area contributed by atoms with Crippen molar-refractivity contribution in [2.45, 2.75) is 39.4 Å². The molecule has 29 heavy (non-hydrogen) atoms. The quantitative estimate of drug-likeness (QED) is 0.408. The molecule has 0 saturated carbocycles. The van der Waals surface area contributed by atoms with Crippen molar-refractivity contribution in [1.82, 2.24) is 19.7 Å². The maximum Gasteiger partial charge on any atom is 0.350 e. The number of thiazole rings is 1. The van der Waals surface area contributed by atoms with Crippen molar-refractivity contribution in [3.8, 4) is 11.4 Å². The highest BCUT2D eigenvalue weighted by Crippen LogP contribution is 2.28. The standard InChI is InChI=1S/C18H21N5O3S3/c1-5-23-15(12-7-10(3)27-8-12)21-22-18(23)28-9-13(24)20-17-19-11(4)14(29-17)16(25)26-6-2/h7-8H,5-6,9H2,1-4H3,(H,19,20,24). The number of aryl methyl sites for hydroxylation is 2. The number of hydrogen-bond acceptors (Lipinski definition) is 9. The molecule has 1 N–H and O–H groups in total. The highest BCUT2D eigenvalue weighted by molar-refractivity contribution is 7.99. The number of hydrogen-bond donors (Lipinski definition) is 1. The summed E-state index contributed by atoms with van der Waals surface area (Å²) in [6, 6.07) is 2.08. The minimum absolute atomic E-state index is 0.161. The molecule has 0 radical (unpaired) electrons. The van der Waals surface area contributed by atoms with Gasteiger partial charge in [0.2, 0.25) is 5.91 Å². The molecule has 0 aliphatic heterocycles. The molecule has 3 heterocycles. The van der Waals surface area contributed by atoms with E-state index >= 15 is 0 Å². The Morgan fingerprint density at radius 2 is 2.07 bits per heavy atom. The molecule has 0 aliphatic carbocycles. The lowest BCUT2D eigenvalue weighted by Gasteiger charge is -2.06. The van der Waals surface area contributed by atoms with Crippen LogP contribution in [-0.2, 0) is 16.1 Å². The van der Waals surface area contributed by atoms with Crippen LogP contribution in [-0.4, -0.2) is 44.0 Å². The van der Waals surface area contributed by atoms with Crippen LogP contribution in [0.5, 0.6) is 0 Å². The lowest BCUT2D eigenvalue weighted by Crippen LogP contribution is -2.14. The minimum Gasteiger partial charge on any atom is -0.462 e. The predicted molar refractivity (Wildman–Crippen MR) is 116 cm³/mol. The van der Waals surface area contributed by atoms with Crippen molar-refractivity contribution < 1.29 is 14.3 Å². The van der Waals surface area contributed by atoms with Crippen molar-refractivity contribution in [3.05, 3.63) is 26.9 Å². The summed E-state index contributed by atoms with van der Waals surface area (Å²) in [7, 11) is 0. The van der Waals surface area contributed by atoms with Crippen molar-refractivity contribution in [3.63, 3.8) is 0 Å². The maximum atomic E-state index is 12.3. The number of carbonyl (C=O) groups is 2. The van der Waals surface area contributed by atoms with Gasteiger partial charge in [0.05, 0.1) is 18.1 Å². The van der Waals surface area contributed by atoms with Crippen LogP contribution in [0.15, 0.2) is 16.6 Å². The molecule has 0 spiro atoms. The summed E-state index contributed by atoms with van der Waals surface area (Å²) in [6.07, 6.45) is 0. The van der Waals surface area contributed by atoms with E-state index in [0.717, 1.165) is 22.7 Å². The number of carbonyl (C=O) groups excluding carboxylic acids is 2. The Morgan fingerprint density at radius 3 is 2.72 bits per heavy atom. The summed E-state index contributed by atoms with van der Waals surface area (Å²) in [5, 5.41) is 14.4. The molecule has 11 heteroatoms. The highest BCUT2D eigenvalue weighted by atomic mass is 32.2. The summed E-state index contributed by atoms with van der Waals surface area (Å²) in [5.74, 6) is 0.311. The number of thiophene rings is 1. The Labute approximate surface area is 180 Å². The van der Waals surface area contributed by atoms with Gasteiger partial charge in [-0.2, -0.15) is 0 Å². The van der Waals surface area contributed by atoms with E-state index in [1.165, 1.54) is 16.6 Å². The third-order valence-corrected chi connectivity index (χ3v) is 6.74. The van der Waals surface area contributed by atoms with Gasteiger partial charge in [-0.15, -0.1) is 21.5 Å². The SMILES string of the molecule is CCOC(=O)c1sc(NC(=O)CSc2nnc(-c3csc(C)c3)n2CC)nc1C. The average molecular weight is 452 g/mol. The summed E-state index contributed by atoms with van der Waals surface area (Å²) < 4.78 is 6.99. The third kappa shape index (κ3) is 5.03. The van der Waals surface area contributed by atoms with Crippen LogP contribution in [0.25, 0.3) is 11.4 Å². The normalized spacial score (nSPS) is 10.9. The molecule has 0 bridgehead atoms. The number of esters is 1. The molecule has 0 aromatic carbocycles. The fourth-order valence-corrected chi connectivity index (χ4v) is 4.94. The fourth-order valence-electron chi connectivity index (χ4n) is 2.58. The van der Waals surface area contributed by atoms with E-state index in [1.54, 1.807) is 25.2 Å². The summed E-state index contributed by atoms with van der Waals surface area (Å²) >= 11 is 4.09. The average Bonchev–Trinajstić information content (AvgIpc) is 3.38. The predicted octanol–water partition coefficient (Wildman–Crippen LogP) is 4.01. The molecule has 154 valence electrons. The molecule has 0 saturated heterocycles. The zero-order valence-electron chi connectivity index (χ0n) is 16.5. The molecule has 0 fully saturated rings. The first-order chi connectivity index (χ1) is 13.9. The Hall–Kier alpha value is -2.24. The number of anilines is 1. The van der Waals surface area contributed by atoms with Gasteiger partial charge in [0.15, 0.2) is 16.1 Å². The second kappa shape index (κ2) is 9.51. The van der Waals surface area contributed by atoms with Crippen molar-refractivity contribution in [2.24, 2.45) is 0 Å². The van der Waals surface area contributed by atoms with E-state index in [-0.39, 0.29) is 11.7 Å². The van der Waals surface area contributed by atoms with Gasteiger partial charge in [-0.1, -0.05) is 23.1 Å². The second-order valence-electron chi connectivity index (χ2n) is 5.99. The van der Waals surface area contributed by atoms with Crippen LogP contribution < -0.4 is 5.32 Å². The number of thioether (sulfide) groups is 1. The molecule has 3 rings (SSSR count). The van der Waals surface area contributed by atoms with Crippen molar-refractivity contribution >= 4 is 51.4 Å². The Balaban J connectivity index is 1.64. The molecule has 0 aliphatic rings. The number of ether oxygens (including phenoxy) is 1. The van der Waals surface area contributed by atoms with E-state index in [1.807, 2.05) is 11.5 Å². The monoisotopic (exact) mass is 451 g/mol. The Kier molecular flexibility index (Phi) is 7.04. The van der Waals surface area contributed by atoms with Gasteiger partial charge < -0.3 is 14.6 Å². The van der Waals surface area contributed by atoms with Crippen molar-refractivity contribution in [2.75, 3.05) is 17.7 Å². The van der Waals surface area contributed by atoms with Gasteiger partial charge in [0, 0.05) is 22.4 Å². The van der Waals surface area contributed by atoms with Crippen LogP contribution >= 0.6 is 34.4 Å². The van der Waals surface area contributed by atoms with Gasteiger partial charge in [-0.25, -0.2) is 9.78 Å². The molecular formula is C18H21N5O3S3. The first kappa shape index (κ1) is 21.5. The minimum atomic E-state index is -0.426. The molecule has 8 nitrogen and oxygen atoms in total. The Bertz CT molecular complexity index is 1020. The number of nitrogens with one attached hydrogen (secondary N) is 1. The highest BCUT2D eigenvalue weighted by Gasteiger charge is 2.19. The van der Waals surface area contributed by atoms with E-state index < -0.39 is 5.97 Å². The molecule has 1 amide bonds. The van der Waals surface area contributed by atoms with E-state index in [0.29, 0.717) is 34.0 Å². The second-order valence-corrected chi connectivity index (χ2v) is 9.04. The van der Waals surface area contributed by atoms with Gasteiger partial charge in [0.25, 0.3) is 0 Å². The first-order valence-electron chi connectivity index (χ1n) is 8.98. The van der Waals surface area contributed by atoms with Gasteiger partial charge in [-0.3, -0.25) is 4.79 Å². The molecule has 0 atom stereocenters. The van der Waals surface area contributed by atoms with E-state index in [9.17, 15) is 9.59 Å². The summed E-state index contributed by atoms with van der Waals surface area (Å²) in [4.78, 5) is 30.1. The van der Waals surface area contributed by atoms with Crippen LogP contribution in [0.1, 0.15) is 34.1 Å². The summed E-state index contributed by atoms with van der Waals surface area (Å²) in [6.45, 7) is 8.52. The number of nitrogens with zero attached hydrogens (tertiary/aromatic N) is 4. The largest absolute Gasteiger partial charge is 0.462 e. The zero-order valence-corrected chi connectivity index (χ0v) is 19.0. The van der Waals surface area contributed by atoms with Crippen molar-refractivity contribution in [1.29, 1.82) is 0 Å². The van der Waals surface area contributed by atoms with Crippen LogP contribution in [0.2, 0.25) is 0 Å². The lowest BCUT2D eigenvalue weighted by molar-refractivity contribution is -0.113. The van der Waals surface area contributed by atoms with Gasteiger partial charge in [-0.05, 0) is 33.8 Å². The summed E-state index contributed by atoms with van der Waals surface area (Å²) in [5.41, 5.74) is 1.57. The number of aromatic nitrogens is 4. The first-order valence-corrected chi connectivity index (χ1v) is 11.7. The molecule has 0 unspecified atom stereocenters. The van der Waals surface area contributed by atoms with Gasteiger partial charge in [0.1, 0.15) is 4.88 Å². The van der Waals surface area contributed by atoms with Gasteiger partial charge >= 0.3 is 5.97 Å². The topological polar surface area (TPSA) is 99.0 Å². The number of rotatable bonds is 8. The number of amides is 1. The molecular weight excluding hydrogens is 430 g/mol. The zero-order chi connectivity index (χ0) is 21.0. The Morgan fingerprint density at radius 1 is 1.28 bits per heavy atom. The third-order valence-electron chi connectivity index (χ3n) is 3.86. The van der Waals surface area contributed by atoms with E-state index in [4.69, 9.17) is 4.74 Å². The van der Waals surface area contributed by atoms with Crippen LogP contribution in [0.3, 0.4) is 0 Å². The molecule has 3 aromatic heterocycles. The van der Waals surface area contributed by atoms with Crippen LogP contribution in [0.4, 0.5) is 5.13 Å². The van der Waals surface area contributed by atoms with Crippen LogP contribution in [0, 0.1) is 13.8 Å². The van der Waals surface area contributed by atoms with E-state index in [2.05, 4.69) is 38.9 Å². The molecule has 3 aromatic rings. The lowest BCUT2D eigenvalue weighted by atomic mass is 10.3.